The highest BCUT2D eigenvalue weighted by atomic mass is 16.5. The fourth-order valence-corrected chi connectivity index (χ4v) is 5.48. The maximum absolute atomic E-state index is 5.94. The van der Waals surface area contributed by atoms with E-state index in [9.17, 15) is 0 Å². The van der Waals surface area contributed by atoms with Gasteiger partial charge in [-0.15, -0.1) is 0 Å². The standard InChI is InChI=1S/C36H30O2/c1-23-7-5-9-25(19-23)27-11-15-31-29(21-27)13-17-33(37-3)35(31)36-32-16-12-28(26-10-6-8-24(2)20-26)22-30(32)14-18-34(36)38-4/h5-22H,1-4H3. The van der Waals surface area contributed by atoms with Crippen molar-refractivity contribution in [2.24, 2.45) is 0 Å². The Morgan fingerprint density at radius 3 is 1.24 bits per heavy atom. The van der Waals surface area contributed by atoms with Crippen molar-refractivity contribution in [3.05, 3.63) is 120 Å². The number of fused-ring (bicyclic) bond motifs is 2. The molecule has 0 spiro atoms. The maximum atomic E-state index is 5.94. The lowest BCUT2D eigenvalue weighted by molar-refractivity contribution is 0.411. The van der Waals surface area contributed by atoms with Gasteiger partial charge in [0.1, 0.15) is 11.5 Å². The van der Waals surface area contributed by atoms with E-state index in [4.69, 9.17) is 9.47 Å². The van der Waals surface area contributed by atoms with Crippen molar-refractivity contribution in [1.82, 2.24) is 0 Å². The number of hydrogen-bond donors (Lipinski definition) is 0. The van der Waals surface area contributed by atoms with Gasteiger partial charge in [-0.25, -0.2) is 0 Å². The van der Waals surface area contributed by atoms with E-state index in [0.717, 1.165) is 44.2 Å². The fraction of sp³-hybridized carbons (Fsp3) is 0.111. The van der Waals surface area contributed by atoms with Crippen LogP contribution in [0, 0.1) is 13.8 Å². The predicted molar refractivity (Wildman–Crippen MR) is 160 cm³/mol. The Balaban J connectivity index is 1.59. The van der Waals surface area contributed by atoms with Gasteiger partial charge in [0.2, 0.25) is 0 Å². The molecule has 0 heterocycles. The van der Waals surface area contributed by atoms with Gasteiger partial charge in [-0.1, -0.05) is 96.1 Å². The zero-order valence-electron chi connectivity index (χ0n) is 22.2. The number of hydrogen-bond acceptors (Lipinski definition) is 2. The first kappa shape index (κ1) is 23.8. The van der Waals surface area contributed by atoms with Gasteiger partial charge in [0.05, 0.1) is 14.2 Å². The third kappa shape index (κ3) is 4.18. The third-order valence-electron chi connectivity index (χ3n) is 7.36. The predicted octanol–water partition coefficient (Wildman–Crippen LogP) is 9.63. The van der Waals surface area contributed by atoms with Gasteiger partial charge in [-0.05, 0) is 81.9 Å². The monoisotopic (exact) mass is 494 g/mol. The smallest absolute Gasteiger partial charge is 0.127 e. The summed E-state index contributed by atoms with van der Waals surface area (Å²) in [4.78, 5) is 0. The van der Waals surface area contributed by atoms with Crippen molar-refractivity contribution in [3.8, 4) is 44.9 Å². The summed E-state index contributed by atoms with van der Waals surface area (Å²) in [5.74, 6) is 1.66. The summed E-state index contributed by atoms with van der Waals surface area (Å²) in [5.41, 5.74) is 9.44. The summed E-state index contributed by atoms with van der Waals surface area (Å²) >= 11 is 0. The molecule has 0 saturated carbocycles. The van der Waals surface area contributed by atoms with Crippen molar-refractivity contribution < 1.29 is 9.47 Å². The molecule has 0 unspecified atom stereocenters. The molecule has 38 heavy (non-hydrogen) atoms. The van der Waals surface area contributed by atoms with Crippen molar-refractivity contribution in [1.29, 1.82) is 0 Å². The van der Waals surface area contributed by atoms with Crippen LogP contribution < -0.4 is 9.47 Å². The van der Waals surface area contributed by atoms with E-state index in [1.165, 1.54) is 33.4 Å². The van der Waals surface area contributed by atoms with Crippen molar-refractivity contribution >= 4 is 21.5 Å². The maximum Gasteiger partial charge on any atom is 0.127 e. The number of rotatable bonds is 5. The van der Waals surface area contributed by atoms with Crippen LogP contribution in [0.5, 0.6) is 11.5 Å². The topological polar surface area (TPSA) is 18.5 Å². The molecule has 186 valence electrons. The van der Waals surface area contributed by atoms with Gasteiger partial charge in [0, 0.05) is 11.1 Å². The van der Waals surface area contributed by atoms with Crippen LogP contribution in [0.3, 0.4) is 0 Å². The van der Waals surface area contributed by atoms with E-state index in [1.807, 2.05) is 0 Å². The molecule has 0 fully saturated rings. The largest absolute Gasteiger partial charge is 0.496 e. The van der Waals surface area contributed by atoms with Crippen molar-refractivity contribution in [3.63, 3.8) is 0 Å². The van der Waals surface area contributed by atoms with E-state index >= 15 is 0 Å². The average molecular weight is 495 g/mol. The van der Waals surface area contributed by atoms with Crippen LogP contribution in [0.2, 0.25) is 0 Å². The minimum atomic E-state index is 0.828. The SMILES string of the molecule is COc1ccc2cc(-c3cccc(C)c3)ccc2c1-c1c(OC)ccc2cc(-c3cccc(C)c3)ccc12. The molecule has 2 heteroatoms. The molecule has 6 rings (SSSR count). The molecule has 6 aromatic rings. The van der Waals surface area contributed by atoms with Crippen LogP contribution in [-0.4, -0.2) is 14.2 Å². The molecule has 0 amide bonds. The normalized spacial score (nSPS) is 11.2. The summed E-state index contributed by atoms with van der Waals surface area (Å²) in [5, 5.41) is 4.59. The Morgan fingerprint density at radius 1 is 0.421 bits per heavy atom. The third-order valence-corrected chi connectivity index (χ3v) is 7.36. The molecule has 0 aromatic heterocycles. The fourth-order valence-electron chi connectivity index (χ4n) is 5.48. The van der Waals surface area contributed by atoms with E-state index in [1.54, 1.807) is 14.2 Å². The molecular formula is C36H30O2. The zero-order valence-corrected chi connectivity index (χ0v) is 22.2. The Hall–Kier alpha value is -4.56. The first-order valence-corrected chi connectivity index (χ1v) is 12.9. The highest BCUT2D eigenvalue weighted by molar-refractivity contribution is 6.11. The zero-order chi connectivity index (χ0) is 26.2. The van der Waals surface area contributed by atoms with Gasteiger partial charge in [-0.3, -0.25) is 0 Å². The van der Waals surface area contributed by atoms with Crippen LogP contribution in [-0.2, 0) is 0 Å². The number of benzene rings is 6. The highest BCUT2D eigenvalue weighted by Crippen LogP contribution is 2.46. The van der Waals surface area contributed by atoms with Crippen LogP contribution >= 0.6 is 0 Å². The molecule has 0 aliphatic heterocycles. The van der Waals surface area contributed by atoms with Crippen LogP contribution in [0.25, 0.3) is 54.9 Å². The summed E-state index contributed by atoms with van der Waals surface area (Å²) in [6.45, 7) is 4.26. The second kappa shape index (κ2) is 9.72. The Bertz CT molecular complexity index is 1680. The average Bonchev–Trinajstić information content (AvgIpc) is 2.95. The van der Waals surface area contributed by atoms with E-state index in [2.05, 4.69) is 123 Å². The van der Waals surface area contributed by atoms with Crippen LogP contribution in [0.1, 0.15) is 11.1 Å². The van der Waals surface area contributed by atoms with Crippen LogP contribution in [0.4, 0.5) is 0 Å². The Labute approximate surface area is 224 Å². The van der Waals surface area contributed by atoms with E-state index < -0.39 is 0 Å². The van der Waals surface area contributed by atoms with Gasteiger partial charge < -0.3 is 9.47 Å². The highest BCUT2D eigenvalue weighted by Gasteiger charge is 2.19. The Morgan fingerprint density at radius 2 is 0.842 bits per heavy atom. The summed E-state index contributed by atoms with van der Waals surface area (Å²) in [7, 11) is 3.47. The van der Waals surface area contributed by atoms with Crippen molar-refractivity contribution in [2.45, 2.75) is 13.8 Å². The molecular weight excluding hydrogens is 464 g/mol. The van der Waals surface area contributed by atoms with E-state index in [-0.39, 0.29) is 0 Å². The van der Waals surface area contributed by atoms with Gasteiger partial charge in [0.15, 0.2) is 0 Å². The molecule has 0 atom stereocenters. The lowest BCUT2D eigenvalue weighted by atomic mass is 9.90. The number of methoxy groups -OCH3 is 2. The summed E-state index contributed by atoms with van der Waals surface area (Å²) in [6, 6.07) is 39.0. The molecule has 0 bridgehead atoms. The molecule has 0 aliphatic rings. The van der Waals surface area contributed by atoms with Crippen molar-refractivity contribution in [2.75, 3.05) is 14.2 Å². The lowest BCUT2D eigenvalue weighted by Crippen LogP contribution is -1.95. The molecule has 0 saturated heterocycles. The molecule has 0 aliphatic carbocycles. The quantitative estimate of drug-likeness (QED) is 0.237. The molecule has 0 N–H and O–H groups in total. The lowest BCUT2D eigenvalue weighted by Gasteiger charge is -2.18. The van der Waals surface area contributed by atoms with Gasteiger partial charge in [0.25, 0.3) is 0 Å². The minimum Gasteiger partial charge on any atom is -0.496 e. The first-order valence-electron chi connectivity index (χ1n) is 12.9. The molecule has 0 radical (unpaired) electrons. The second-order valence-electron chi connectivity index (χ2n) is 9.90. The number of aryl methyl sites for hydroxylation is 2. The molecule has 6 aromatic carbocycles. The second-order valence-corrected chi connectivity index (χ2v) is 9.90. The molecule has 2 nitrogen and oxygen atoms in total. The first-order chi connectivity index (χ1) is 18.6. The number of ether oxygens (including phenoxy) is 2. The summed E-state index contributed by atoms with van der Waals surface area (Å²) < 4.78 is 11.9. The van der Waals surface area contributed by atoms with Gasteiger partial charge in [-0.2, -0.15) is 0 Å². The van der Waals surface area contributed by atoms with E-state index in [0.29, 0.717) is 0 Å². The minimum absolute atomic E-state index is 0.828. The van der Waals surface area contributed by atoms with Gasteiger partial charge >= 0.3 is 0 Å². The summed E-state index contributed by atoms with van der Waals surface area (Å²) in [6.07, 6.45) is 0. The van der Waals surface area contributed by atoms with Crippen LogP contribution in [0.15, 0.2) is 109 Å². The Kier molecular flexibility index (Phi) is 6.09.